The molecule has 0 amide bonds. The minimum absolute atomic E-state index is 0.141. The molecule has 2 aromatic heterocycles. The molecular weight excluding hydrogens is 324 g/mol. The molecule has 0 bridgehead atoms. The summed E-state index contributed by atoms with van der Waals surface area (Å²) in [4.78, 5) is 8.43. The normalized spacial score (nSPS) is 13.7. The van der Waals surface area contributed by atoms with Gasteiger partial charge in [0.2, 0.25) is 0 Å². The van der Waals surface area contributed by atoms with Crippen molar-refractivity contribution in [2.24, 2.45) is 0 Å². The zero-order valence-electron chi connectivity index (χ0n) is 12.9. The van der Waals surface area contributed by atoms with Crippen LogP contribution in [-0.4, -0.2) is 23.0 Å². The number of hydrogen-bond donors (Lipinski definition) is 1. The molecule has 3 heterocycles. The van der Waals surface area contributed by atoms with Crippen LogP contribution >= 0.6 is 0 Å². The Morgan fingerprint density at radius 3 is 2.67 bits per heavy atom. The van der Waals surface area contributed by atoms with E-state index >= 15 is 0 Å². The zero-order chi connectivity index (χ0) is 16.6. The summed E-state index contributed by atoms with van der Waals surface area (Å²) in [5.74, 6) is 1.12. The van der Waals surface area contributed by atoms with E-state index in [9.17, 15) is 8.42 Å². The molecule has 24 heavy (non-hydrogen) atoms. The number of rotatable bonds is 4. The molecule has 0 saturated heterocycles. The Bertz CT molecular complexity index is 964. The minimum atomic E-state index is -3.62. The highest BCUT2D eigenvalue weighted by Crippen LogP contribution is 2.27. The fraction of sp³-hybridized carbons (Fsp3) is 0.176. The molecule has 0 saturated carbocycles. The van der Waals surface area contributed by atoms with Crippen LogP contribution in [0.2, 0.25) is 0 Å². The van der Waals surface area contributed by atoms with Crippen molar-refractivity contribution in [1.29, 1.82) is 0 Å². The van der Waals surface area contributed by atoms with Crippen LogP contribution in [0.1, 0.15) is 12.2 Å². The first-order valence-corrected chi connectivity index (χ1v) is 9.19. The average molecular weight is 340 g/mol. The van der Waals surface area contributed by atoms with Crippen molar-refractivity contribution in [2.45, 2.75) is 24.3 Å². The van der Waals surface area contributed by atoms with E-state index in [2.05, 4.69) is 19.3 Å². The summed E-state index contributed by atoms with van der Waals surface area (Å²) < 4.78 is 29.4. The molecule has 1 N–H and O–H groups in total. The van der Waals surface area contributed by atoms with Crippen LogP contribution in [0.5, 0.6) is 0 Å². The lowest BCUT2D eigenvalue weighted by atomic mass is 10.1. The van der Waals surface area contributed by atoms with E-state index in [-0.39, 0.29) is 4.90 Å². The summed E-state index contributed by atoms with van der Waals surface area (Å²) in [5.41, 5.74) is 2.62. The van der Waals surface area contributed by atoms with Crippen molar-refractivity contribution < 1.29 is 8.42 Å². The van der Waals surface area contributed by atoms with Crippen LogP contribution in [0.15, 0.2) is 59.9 Å². The molecule has 1 aromatic carbocycles. The van der Waals surface area contributed by atoms with Gasteiger partial charge in [0.25, 0.3) is 10.0 Å². The van der Waals surface area contributed by atoms with E-state index in [0.29, 0.717) is 5.69 Å². The molecule has 7 heteroatoms. The third-order valence-corrected chi connectivity index (χ3v) is 5.46. The number of aryl methyl sites for hydroxylation is 1. The highest BCUT2D eigenvalue weighted by atomic mass is 32.2. The molecule has 4 rings (SSSR count). The van der Waals surface area contributed by atoms with Crippen LogP contribution in [0.4, 0.5) is 5.69 Å². The minimum Gasteiger partial charge on any atom is -0.328 e. The van der Waals surface area contributed by atoms with Gasteiger partial charge in [-0.25, -0.2) is 13.4 Å². The molecule has 0 radical (unpaired) electrons. The molecule has 0 unspecified atom stereocenters. The first-order chi connectivity index (χ1) is 11.6. The van der Waals surface area contributed by atoms with Gasteiger partial charge in [0.05, 0.1) is 11.9 Å². The predicted molar refractivity (Wildman–Crippen MR) is 91.0 cm³/mol. The quantitative estimate of drug-likeness (QED) is 0.792. The van der Waals surface area contributed by atoms with Crippen molar-refractivity contribution in [3.8, 4) is 11.3 Å². The summed E-state index contributed by atoms with van der Waals surface area (Å²) in [7, 11) is -3.62. The third kappa shape index (κ3) is 2.67. The predicted octanol–water partition coefficient (Wildman–Crippen LogP) is 2.69. The van der Waals surface area contributed by atoms with Crippen molar-refractivity contribution in [2.75, 3.05) is 4.72 Å². The monoisotopic (exact) mass is 340 g/mol. The van der Waals surface area contributed by atoms with E-state index in [1.165, 1.54) is 18.5 Å². The second-order valence-corrected chi connectivity index (χ2v) is 7.37. The lowest BCUT2D eigenvalue weighted by Crippen LogP contribution is -2.13. The molecule has 6 nitrogen and oxygen atoms in total. The van der Waals surface area contributed by atoms with Crippen LogP contribution in [-0.2, 0) is 23.0 Å². The van der Waals surface area contributed by atoms with Gasteiger partial charge in [-0.05, 0) is 36.2 Å². The molecule has 1 aliphatic rings. The van der Waals surface area contributed by atoms with Gasteiger partial charge in [0, 0.05) is 31.0 Å². The zero-order valence-corrected chi connectivity index (χ0v) is 13.7. The van der Waals surface area contributed by atoms with E-state index < -0.39 is 10.0 Å². The molecule has 1 aliphatic heterocycles. The molecular formula is C17H16N4O2S. The third-order valence-electron chi connectivity index (χ3n) is 4.10. The van der Waals surface area contributed by atoms with Crippen molar-refractivity contribution in [1.82, 2.24) is 14.5 Å². The Balaban J connectivity index is 1.58. The number of hydrogen-bond acceptors (Lipinski definition) is 4. The molecule has 122 valence electrons. The van der Waals surface area contributed by atoms with Gasteiger partial charge in [-0.15, -0.1) is 0 Å². The van der Waals surface area contributed by atoms with Crippen molar-refractivity contribution in [3.63, 3.8) is 0 Å². The highest BCUT2D eigenvalue weighted by Gasteiger charge is 2.17. The Hall–Kier alpha value is -2.67. The average Bonchev–Trinajstić information content (AvgIpc) is 3.20. The maximum absolute atomic E-state index is 12.3. The molecule has 0 atom stereocenters. The Morgan fingerprint density at radius 2 is 1.92 bits per heavy atom. The van der Waals surface area contributed by atoms with Gasteiger partial charge in [0.1, 0.15) is 10.7 Å². The van der Waals surface area contributed by atoms with Crippen molar-refractivity contribution in [3.05, 3.63) is 60.8 Å². The fourth-order valence-corrected chi connectivity index (χ4v) is 3.94. The maximum atomic E-state index is 12.3. The number of pyridine rings is 1. The van der Waals surface area contributed by atoms with Gasteiger partial charge in [-0.2, -0.15) is 0 Å². The standard InChI is InChI=1S/C17H16N4O2S/c22-24(23,15-3-1-9-18-11-15)20-14-7-5-13(6-8-14)16-12-19-17-4-2-10-21(16)17/h1,3,5-9,11-12,20H,2,4,10H2. The van der Waals surface area contributed by atoms with Crippen molar-refractivity contribution >= 4 is 15.7 Å². The lowest BCUT2D eigenvalue weighted by Gasteiger charge is -2.09. The topological polar surface area (TPSA) is 76.9 Å². The van der Waals surface area contributed by atoms with E-state index in [1.807, 2.05) is 18.3 Å². The summed E-state index contributed by atoms with van der Waals surface area (Å²) >= 11 is 0. The first kappa shape index (κ1) is 14.9. The Labute approximate surface area is 140 Å². The van der Waals surface area contributed by atoms with E-state index in [0.717, 1.165) is 36.5 Å². The van der Waals surface area contributed by atoms with Gasteiger partial charge < -0.3 is 4.57 Å². The van der Waals surface area contributed by atoms with Gasteiger partial charge in [-0.1, -0.05) is 12.1 Å². The van der Waals surface area contributed by atoms with Gasteiger partial charge in [-0.3, -0.25) is 9.71 Å². The second-order valence-electron chi connectivity index (χ2n) is 5.69. The largest absolute Gasteiger partial charge is 0.328 e. The number of benzene rings is 1. The number of sulfonamides is 1. The van der Waals surface area contributed by atoms with Gasteiger partial charge in [0.15, 0.2) is 0 Å². The van der Waals surface area contributed by atoms with Crippen LogP contribution < -0.4 is 4.72 Å². The molecule has 0 fully saturated rings. The smallest absolute Gasteiger partial charge is 0.263 e. The fourth-order valence-electron chi connectivity index (χ4n) is 2.92. The summed E-state index contributed by atoms with van der Waals surface area (Å²) in [6, 6.07) is 10.4. The summed E-state index contributed by atoms with van der Waals surface area (Å²) in [5, 5.41) is 0. The Morgan fingerprint density at radius 1 is 1.08 bits per heavy atom. The molecule has 3 aromatic rings. The van der Waals surface area contributed by atoms with Crippen LogP contribution in [0.3, 0.4) is 0 Å². The van der Waals surface area contributed by atoms with Crippen LogP contribution in [0, 0.1) is 0 Å². The number of fused-ring (bicyclic) bond motifs is 1. The highest BCUT2D eigenvalue weighted by molar-refractivity contribution is 7.92. The number of anilines is 1. The summed E-state index contributed by atoms with van der Waals surface area (Å²) in [6.45, 7) is 0.986. The Kier molecular flexibility index (Phi) is 3.57. The molecule has 0 spiro atoms. The van der Waals surface area contributed by atoms with E-state index in [1.54, 1.807) is 18.2 Å². The molecule has 0 aliphatic carbocycles. The number of imidazole rings is 1. The number of nitrogens with zero attached hydrogens (tertiary/aromatic N) is 3. The lowest BCUT2D eigenvalue weighted by molar-refractivity contribution is 0.601. The number of nitrogens with one attached hydrogen (secondary N) is 1. The van der Waals surface area contributed by atoms with Crippen LogP contribution in [0.25, 0.3) is 11.3 Å². The first-order valence-electron chi connectivity index (χ1n) is 7.71. The summed E-state index contributed by atoms with van der Waals surface area (Å²) in [6.07, 6.45) is 6.88. The SMILES string of the molecule is O=S(=O)(Nc1ccc(-c2cnc3n2CCC3)cc1)c1cccnc1. The van der Waals surface area contributed by atoms with E-state index in [4.69, 9.17) is 0 Å². The second kappa shape index (κ2) is 5.76. The van der Waals surface area contributed by atoms with Gasteiger partial charge >= 0.3 is 0 Å². The number of aromatic nitrogens is 3. The maximum Gasteiger partial charge on any atom is 0.263 e.